The number of nitrogen functional groups attached to an aromatic ring is 1. The molecular formula is C5H7N3O3. The van der Waals surface area contributed by atoms with Crippen LogP contribution in [0.1, 0.15) is 18.9 Å². The molecule has 0 aliphatic rings. The van der Waals surface area contributed by atoms with Crippen LogP contribution in [0.3, 0.4) is 0 Å². The zero-order valence-electron chi connectivity index (χ0n) is 5.85. The van der Waals surface area contributed by atoms with Gasteiger partial charge in [-0.15, -0.1) is 5.10 Å². The van der Waals surface area contributed by atoms with Crippen LogP contribution in [0, 0.1) is 0 Å². The van der Waals surface area contributed by atoms with Gasteiger partial charge in [0.1, 0.15) is 0 Å². The highest BCUT2D eigenvalue weighted by Crippen LogP contribution is 2.13. The van der Waals surface area contributed by atoms with Gasteiger partial charge in [-0.1, -0.05) is 5.10 Å². The molecule has 1 heterocycles. The molecule has 60 valence electrons. The van der Waals surface area contributed by atoms with E-state index in [9.17, 15) is 4.79 Å². The highest BCUT2D eigenvalue weighted by atomic mass is 16.5. The number of carbonyl (C=O) groups excluding carboxylic acids is 1. The minimum Gasteiger partial charge on any atom is -0.455 e. The number of anilines is 1. The Balaban J connectivity index is 2.67. The Morgan fingerprint density at radius 2 is 2.45 bits per heavy atom. The molecule has 6 nitrogen and oxygen atoms in total. The van der Waals surface area contributed by atoms with Crippen LogP contribution in [0.5, 0.6) is 0 Å². The molecule has 1 aromatic rings. The van der Waals surface area contributed by atoms with Crippen molar-refractivity contribution < 1.29 is 13.9 Å². The van der Waals surface area contributed by atoms with Gasteiger partial charge in [-0.05, 0) is 6.92 Å². The van der Waals surface area contributed by atoms with Crippen LogP contribution in [0.15, 0.2) is 4.42 Å². The molecule has 0 amide bonds. The van der Waals surface area contributed by atoms with Gasteiger partial charge in [0.25, 0.3) is 12.4 Å². The molecule has 11 heavy (non-hydrogen) atoms. The third-order valence-electron chi connectivity index (χ3n) is 1.06. The van der Waals surface area contributed by atoms with Crippen LogP contribution in [-0.4, -0.2) is 16.7 Å². The fourth-order valence-electron chi connectivity index (χ4n) is 0.552. The van der Waals surface area contributed by atoms with E-state index in [4.69, 9.17) is 10.2 Å². The Hall–Kier alpha value is -1.59. The van der Waals surface area contributed by atoms with Crippen molar-refractivity contribution >= 4 is 12.5 Å². The third-order valence-corrected chi connectivity index (χ3v) is 1.06. The first-order valence-electron chi connectivity index (χ1n) is 2.92. The third kappa shape index (κ3) is 1.66. The molecule has 2 N–H and O–H groups in total. The molecule has 1 atom stereocenters. The van der Waals surface area contributed by atoms with Crippen molar-refractivity contribution in [1.82, 2.24) is 10.2 Å². The molecule has 0 aliphatic carbocycles. The van der Waals surface area contributed by atoms with Gasteiger partial charge >= 0.3 is 6.01 Å². The molecular weight excluding hydrogens is 150 g/mol. The Morgan fingerprint density at radius 1 is 1.73 bits per heavy atom. The number of nitrogens with two attached hydrogens (primary N) is 1. The topological polar surface area (TPSA) is 91.2 Å². The smallest absolute Gasteiger partial charge is 0.312 e. The lowest BCUT2D eigenvalue weighted by Crippen LogP contribution is -1.97. The fourth-order valence-corrected chi connectivity index (χ4v) is 0.552. The zero-order valence-corrected chi connectivity index (χ0v) is 5.85. The quantitative estimate of drug-likeness (QED) is 0.615. The predicted molar refractivity (Wildman–Crippen MR) is 34.3 cm³/mol. The van der Waals surface area contributed by atoms with Crippen LogP contribution < -0.4 is 5.73 Å². The van der Waals surface area contributed by atoms with Crippen molar-refractivity contribution in [2.45, 2.75) is 13.0 Å². The Bertz CT molecular complexity index is 247. The molecule has 1 unspecified atom stereocenters. The molecule has 0 bridgehead atoms. The molecule has 0 aliphatic heterocycles. The number of hydrogen-bond acceptors (Lipinski definition) is 6. The average Bonchev–Trinajstić information content (AvgIpc) is 2.36. The second-order valence-corrected chi connectivity index (χ2v) is 1.85. The van der Waals surface area contributed by atoms with Crippen LogP contribution in [0.2, 0.25) is 0 Å². The van der Waals surface area contributed by atoms with Crippen molar-refractivity contribution in [2.75, 3.05) is 5.73 Å². The molecule has 0 radical (unpaired) electrons. The summed E-state index contributed by atoms with van der Waals surface area (Å²) in [5.41, 5.74) is 5.13. The second-order valence-electron chi connectivity index (χ2n) is 1.85. The number of rotatable bonds is 3. The van der Waals surface area contributed by atoms with Gasteiger partial charge < -0.3 is 14.9 Å². The van der Waals surface area contributed by atoms with Crippen LogP contribution in [0.4, 0.5) is 6.01 Å². The van der Waals surface area contributed by atoms with Crippen LogP contribution >= 0.6 is 0 Å². The largest absolute Gasteiger partial charge is 0.455 e. The maximum atomic E-state index is 9.85. The zero-order chi connectivity index (χ0) is 8.27. The molecule has 0 saturated carbocycles. The van der Waals surface area contributed by atoms with E-state index in [0.717, 1.165) is 0 Å². The van der Waals surface area contributed by atoms with Crippen LogP contribution in [0.25, 0.3) is 0 Å². The Morgan fingerprint density at radius 3 is 2.91 bits per heavy atom. The van der Waals surface area contributed by atoms with Crippen molar-refractivity contribution in [3.8, 4) is 0 Å². The average molecular weight is 157 g/mol. The molecule has 1 rings (SSSR count). The summed E-state index contributed by atoms with van der Waals surface area (Å²) < 4.78 is 9.28. The lowest BCUT2D eigenvalue weighted by atomic mass is 10.4. The van der Waals surface area contributed by atoms with Gasteiger partial charge in [0.2, 0.25) is 0 Å². The van der Waals surface area contributed by atoms with Crippen molar-refractivity contribution in [3.05, 3.63) is 5.89 Å². The lowest BCUT2D eigenvalue weighted by molar-refractivity contribution is -0.134. The Labute approximate surface area is 62.3 Å². The first kappa shape index (κ1) is 7.52. The summed E-state index contributed by atoms with van der Waals surface area (Å²) >= 11 is 0. The van der Waals surface area contributed by atoms with Crippen molar-refractivity contribution in [3.63, 3.8) is 0 Å². The minimum atomic E-state index is -0.544. The van der Waals surface area contributed by atoms with Gasteiger partial charge in [-0.25, -0.2) is 0 Å². The van der Waals surface area contributed by atoms with E-state index in [-0.39, 0.29) is 11.9 Å². The monoisotopic (exact) mass is 157 g/mol. The van der Waals surface area contributed by atoms with E-state index < -0.39 is 6.10 Å². The normalized spacial score (nSPS) is 12.5. The second kappa shape index (κ2) is 3.00. The number of ether oxygens (including phenoxy) is 1. The van der Waals surface area contributed by atoms with Gasteiger partial charge in [-0.3, -0.25) is 4.79 Å². The first-order valence-corrected chi connectivity index (χ1v) is 2.92. The van der Waals surface area contributed by atoms with E-state index in [1.807, 2.05) is 0 Å². The van der Waals surface area contributed by atoms with E-state index in [2.05, 4.69) is 14.9 Å². The number of nitrogens with zero attached hydrogens (tertiary/aromatic N) is 2. The summed E-state index contributed by atoms with van der Waals surface area (Å²) in [6, 6.07) is -0.0404. The van der Waals surface area contributed by atoms with Crippen molar-refractivity contribution in [1.29, 1.82) is 0 Å². The van der Waals surface area contributed by atoms with E-state index in [0.29, 0.717) is 6.47 Å². The van der Waals surface area contributed by atoms with Gasteiger partial charge in [-0.2, -0.15) is 0 Å². The van der Waals surface area contributed by atoms with Gasteiger partial charge in [0.15, 0.2) is 6.10 Å². The maximum Gasteiger partial charge on any atom is 0.312 e. The number of carbonyl (C=O) groups is 1. The summed E-state index contributed by atoms with van der Waals surface area (Å²) in [5, 5.41) is 6.89. The van der Waals surface area contributed by atoms with E-state index >= 15 is 0 Å². The predicted octanol–water partition coefficient (Wildman–Crippen LogP) is -0.114. The molecule has 0 fully saturated rings. The number of aromatic nitrogens is 2. The van der Waals surface area contributed by atoms with Gasteiger partial charge in [0.05, 0.1) is 0 Å². The molecule has 6 heteroatoms. The molecule has 0 aromatic carbocycles. The summed E-state index contributed by atoms with van der Waals surface area (Å²) in [6.07, 6.45) is -0.544. The highest BCUT2D eigenvalue weighted by molar-refractivity contribution is 5.37. The van der Waals surface area contributed by atoms with E-state index in [1.54, 1.807) is 6.92 Å². The SMILES string of the molecule is CC(OC=O)c1nnc(N)o1. The minimum absolute atomic E-state index is 0.0404. The maximum absolute atomic E-state index is 9.85. The fraction of sp³-hybridized carbons (Fsp3) is 0.400. The standard InChI is InChI=1S/C5H7N3O3/c1-3(10-2-9)4-7-8-5(6)11-4/h2-3H,1H3,(H2,6,8). The van der Waals surface area contributed by atoms with Gasteiger partial charge in [0, 0.05) is 0 Å². The Kier molecular flexibility index (Phi) is 2.05. The van der Waals surface area contributed by atoms with E-state index in [1.165, 1.54) is 0 Å². The highest BCUT2D eigenvalue weighted by Gasteiger charge is 2.12. The van der Waals surface area contributed by atoms with Crippen LogP contribution in [-0.2, 0) is 9.53 Å². The summed E-state index contributed by atoms with van der Waals surface area (Å²) in [6.45, 7) is 1.91. The number of hydrogen-bond donors (Lipinski definition) is 1. The molecule has 0 saturated heterocycles. The van der Waals surface area contributed by atoms with Crippen molar-refractivity contribution in [2.24, 2.45) is 0 Å². The summed E-state index contributed by atoms with van der Waals surface area (Å²) in [4.78, 5) is 9.85. The summed E-state index contributed by atoms with van der Waals surface area (Å²) in [5.74, 6) is 0.189. The lowest BCUT2D eigenvalue weighted by Gasteiger charge is -2.01. The molecule has 0 spiro atoms. The molecule has 1 aromatic heterocycles. The first-order chi connectivity index (χ1) is 5.24. The summed E-state index contributed by atoms with van der Waals surface area (Å²) in [7, 11) is 0.